The first-order chi connectivity index (χ1) is 5.84. The van der Waals surface area contributed by atoms with E-state index in [1.807, 2.05) is 0 Å². The van der Waals surface area contributed by atoms with Gasteiger partial charge in [0.2, 0.25) is 0 Å². The van der Waals surface area contributed by atoms with Gasteiger partial charge in [-0.3, -0.25) is 4.98 Å². The van der Waals surface area contributed by atoms with Gasteiger partial charge >= 0.3 is 0 Å². The number of hydrogen-bond acceptors (Lipinski definition) is 3. The molecule has 0 atom stereocenters. The minimum Gasteiger partial charge on any atom is -0.486 e. The number of nitrogens with one attached hydrogen (secondary N) is 1. The summed E-state index contributed by atoms with van der Waals surface area (Å²) in [5, 5.41) is 3.73. The Kier molecular flexibility index (Phi) is 2.15. The molecule has 0 unspecified atom stereocenters. The minimum absolute atomic E-state index is 0.283. The standard InChI is InChI=1S/C8H9ClN2O/c9-6-1-7(3-10-2-6)12-8-4-11-5-8/h1-3,8,11H,4-5H2. The van der Waals surface area contributed by atoms with Crippen LogP contribution in [0, 0.1) is 0 Å². The number of hydrogen-bond donors (Lipinski definition) is 1. The fourth-order valence-electron chi connectivity index (χ4n) is 0.995. The van der Waals surface area contributed by atoms with Gasteiger partial charge in [0.25, 0.3) is 0 Å². The van der Waals surface area contributed by atoms with Gasteiger partial charge in [-0.2, -0.15) is 0 Å². The molecule has 1 fully saturated rings. The average Bonchev–Trinajstić information content (AvgIpc) is 1.97. The van der Waals surface area contributed by atoms with E-state index in [2.05, 4.69) is 10.3 Å². The maximum Gasteiger partial charge on any atom is 0.139 e. The van der Waals surface area contributed by atoms with Gasteiger partial charge in [0.15, 0.2) is 0 Å². The summed E-state index contributed by atoms with van der Waals surface area (Å²) in [6.45, 7) is 1.82. The van der Waals surface area contributed by atoms with E-state index in [0.29, 0.717) is 5.02 Å². The third-order valence-electron chi connectivity index (χ3n) is 1.73. The Morgan fingerprint density at radius 3 is 2.92 bits per heavy atom. The topological polar surface area (TPSA) is 34.1 Å². The Bertz CT molecular complexity index is 276. The lowest BCUT2D eigenvalue weighted by atomic mass is 10.2. The lowest BCUT2D eigenvalue weighted by molar-refractivity contribution is 0.142. The Morgan fingerprint density at radius 1 is 1.50 bits per heavy atom. The van der Waals surface area contributed by atoms with Gasteiger partial charge in [-0.05, 0) is 0 Å². The van der Waals surface area contributed by atoms with E-state index in [0.717, 1.165) is 18.8 Å². The van der Waals surface area contributed by atoms with Gasteiger partial charge < -0.3 is 10.1 Å². The summed E-state index contributed by atoms with van der Waals surface area (Å²) in [5.41, 5.74) is 0. The first-order valence-corrected chi connectivity index (χ1v) is 4.20. The molecule has 2 rings (SSSR count). The van der Waals surface area contributed by atoms with Crippen LogP contribution in [0.1, 0.15) is 0 Å². The second-order valence-corrected chi connectivity index (χ2v) is 3.17. The van der Waals surface area contributed by atoms with Gasteiger partial charge in [0.05, 0.1) is 11.2 Å². The van der Waals surface area contributed by atoms with Crippen LogP contribution in [0.5, 0.6) is 5.75 Å². The monoisotopic (exact) mass is 184 g/mol. The van der Waals surface area contributed by atoms with Gasteiger partial charge in [-0.25, -0.2) is 0 Å². The number of aromatic nitrogens is 1. The summed E-state index contributed by atoms with van der Waals surface area (Å²) in [6, 6.07) is 1.77. The van der Waals surface area contributed by atoms with E-state index >= 15 is 0 Å². The maximum atomic E-state index is 5.73. The first-order valence-electron chi connectivity index (χ1n) is 3.82. The van der Waals surface area contributed by atoms with Gasteiger partial charge in [-0.1, -0.05) is 11.6 Å². The fourth-order valence-corrected chi connectivity index (χ4v) is 1.16. The third-order valence-corrected chi connectivity index (χ3v) is 1.93. The number of ether oxygens (including phenoxy) is 1. The highest BCUT2D eigenvalue weighted by Crippen LogP contribution is 2.17. The van der Waals surface area contributed by atoms with Crippen molar-refractivity contribution in [3.05, 3.63) is 23.5 Å². The zero-order valence-corrected chi connectivity index (χ0v) is 7.21. The summed E-state index contributed by atoms with van der Waals surface area (Å²) in [5.74, 6) is 0.744. The average molecular weight is 185 g/mol. The SMILES string of the molecule is Clc1cncc(OC2CNC2)c1. The number of halogens is 1. The molecule has 4 heteroatoms. The van der Waals surface area contributed by atoms with Crippen LogP contribution >= 0.6 is 11.6 Å². The second kappa shape index (κ2) is 3.29. The van der Waals surface area contributed by atoms with Crippen molar-refractivity contribution in [1.29, 1.82) is 0 Å². The molecule has 0 aromatic carbocycles. The first kappa shape index (κ1) is 7.83. The molecule has 1 N–H and O–H groups in total. The third kappa shape index (κ3) is 1.68. The van der Waals surface area contributed by atoms with E-state index < -0.39 is 0 Å². The summed E-state index contributed by atoms with van der Waals surface area (Å²) in [6.07, 6.45) is 3.54. The van der Waals surface area contributed by atoms with Crippen molar-refractivity contribution in [2.45, 2.75) is 6.10 Å². The van der Waals surface area contributed by atoms with Gasteiger partial charge in [0, 0.05) is 25.4 Å². The number of pyridine rings is 1. The quantitative estimate of drug-likeness (QED) is 0.747. The predicted octanol–water partition coefficient (Wildman–Crippen LogP) is 1.09. The van der Waals surface area contributed by atoms with E-state index in [1.165, 1.54) is 0 Å². The Morgan fingerprint density at radius 2 is 2.33 bits per heavy atom. The highest BCUT2D eigenvalue weighted by Gasteiger charge is 2.18. The normalized spacial score (nSPS) is 17.1. The van der Waals surface area contributed by atoms with Crippen LogP contribution in [-0.2, 0) is 0 Å². The molecule has 12 heavy (non-hydrogen) atoms. The lowest BCUT2D eigenvalue weighted by Gasteiger charge is -2.27. The van der Waals surface area contributed by atoms with Crippen molar-refractivity contribution in [2.24, 2.45) is 0 Å². The van der Waals surface area contributed by atoms with Crippen molar-refractivity contribution in [2.75, 3.05) is 13.1 Å². The maximum absolute atomic E-state index is 5.73. The van der Waals surface area contributed by atoms with Crippen molar-refractivity contribution in [3.63, 3.8) is 0 Å². The van der Waals surface area contributed by atoms with Crippen LogP contribution in [0.15, 0.2) is 18.5 Å². The Labute approximate surface area is 75.7 Å². The summed E-state index contributed by atoms with van der Waals surface area (Å²) in [4.78, 5) is 3.92. The van der Waals surface area contributed by atoms with Crippen LogP contribution < -0.4 is 10.1 Å². The molecule has 0 aliphatic carbocycles. The summed E-state index contributed by atoms with van der Waals surface area (Å²) >= 11 is 5.73. The molecule has 1 aromatic rings. The highest BCUT2D eigenvalue weighted by molar-refractivity contribution is 6.30. The largest absolute Gasteiger partial charge is 0.486 e. The zero-order chi connectivity index (χ0) is 8.39. The van der Waals surface area contributed by atoms with Gasteiger partial charge in [-0.15, -0.1) is 0 Å². The molecule has 0 amide bonds. The number of rotatable bonds is 2. The summed E-state index contributed by atoms with van der Waals surface area (Å²) < 4.78 is 5.52. The smallest absolute Gasteiger partial charge is 0.139 e. The molecule has 2 heterocycles. The lowest BCUT2D eigenvalue weighted by Crippen LogP contribution is -2.50. The molecule has 1 aliphatic rings. The van der Waals surface area contributed by atoms with Gasteiger partial charge in [0.1, 0.15) is 11.9 Å². The highest BCUT2D eigenvalue weighted by atomic mass is 35.5. The van der Waals surface area contributed by atoms with Crippen molar-refractivity contribution >= 4 is 11.6 Å². The summed E-state index contributed by atoms with van der Waals surface area (Å²) in [7, 11) is 0. The van der Waals surface area contributed by atoms with Crippen LogP contribution in [0.4, 0.5) is 0 Å². The molecule has 1 aliphatic heterocycles. The van der Waals surface area contributed by atoms with Crippen molar-refractivity contribution in [3.8, 4) is 5.75 Å². The van der Waals surface area contributed by atoms with Crippen LogP contribution in [0.3, 0.4) is 0 Å². The van der Waals surface area contributed by atoms with Crippen molar-refractivity contribution in [1.82, 2.24) is 10.3 Å². The zero-order valence-electron chi connectivity index (χ0n) is 6.46. The van der Waals surface area contributed by atoms with E-state index in [1.54, 1.807) is 18.5 Å². The molecule has 0 radical (unpaired) electrons. The second-order valence-electron chi connectivity index (χ2n) is 2.74. The molecular formula is C8H9ClN2O. The van der Waals surface area contributed by atoms with Crippen LogP contribution in [0.25, 0.3) is 0 Å². The molecule has 3 nitrogen and oxygen atoms in total. The predicted molar refractivity (Wildman–Crippen MR) is 46.5 cm³/mol. The van der Waals surface area contributed by atoms with E-state index in [-0.39, 0.29) is 6.10 Å². The van der Waals surface area contributed by atoms with Crippen LogP contribution in [-0.4, -0.2) is 24.2 Å². The molecular weight excluding hydrogens is 176 g/mol. The number of nitrogens with zero attached hydrogens (tertiary/aromatic N) is 1. The fraction of sp³-hybridized carbons (Fsp3) is 0.375. The van der Waals surface area contributed by atoms with Crippen molar-refractivity contribution < 1.29 is 4.74 Å². The molecule has 0 bridgehead atoms. The molecule has 1 saturated heterocycles. The van der Waals surface area contributed by atoms with E-state index in [4.69, 9.17) is 16.3 Å². The van der Waals surface area contributed by atoms with Crippen LogP contribution in [0.2, 0.25) is 5.02 Å². The Balaban J connectivity index is 2.02. The molecule has 0 spiro atoms. The minimum atomic E-state index is 0.283. The molecule has 64 valence electrons. The van der Waals surface area contributed by atoms with E-state index in [9.17, 15) is 0 Å². The Hall–Kier alpha value is -0.800. The molecule has 0 saturated carbocycles. The molecule has 1 aromatic heterocycles.